The van der Waals surface area contributed by atoms with Crippen molar-refractivity contribution < 1.29 is 8.78 Å². The summed E-state index contributed by atoms with van der Waals surface area (Å²) in [6, 6.07) is 10.0. The Morgan fingerprint density at radius 1 is 1.05 bits per heavy atom. The number of benzene rings is 2. The van der Waals surface area contributed by atoms with Gasteiger partial charge in [-0.15, -0.1) is 0 Å². The SMILES string of the molecule is CCc1ccccc1C(NC)c1cc(F)c(C)cc1F. The van der Waals surface area contributed by atoms with Crippen molar-refractivity contribution in [2.45, 2.75) is 26.3 Å². The standard InChI is InChI=1S/C17H19F2N/c1-4-12-7-5-6-8-13(12)17(20-3)14-10-15(18)11(2)9-16(14)19/h5-10,17,20H,4H2,1-3H3. The van der Waals surface area contributed by atoms with Crippen molar-refractivity contribution in [1.29, 1.82) is 0 Å². The van der Waals surface area contributed by atoms with Crippen LogP contribution in [0.25, 0.3) is 0 Å². The number of rotatable bonds is 4. The highest BCUT2D eigenvalue weighted by molar-refractivity contribution is 5.39. The summed E-state index contributed by atoms with van der Waals surface area (Å²) in [5.74, 6) is -0.759. The summed E-state index contributed by atoms with van der Waals surface area (Å²) < 4.78 is 27.9. The molecule has 0 fully saturated rings. The first-order chi connectivity index (χ1) is 9.58. The Balaban J connectivity index is 2.55. The monoisotopic (exact) mass is 275 g/mol. The zero-order chi connectivity index (χ0) is 14.7. The molecule has 1 N–H and O–H groups in total. The number of hydrogen-bond acceptors (Lipinski definition) is 1. The third-order valence-corrected chi connectivity index (χ3v) is 3.62. The second kappa shape index (κ2) is 6.14. The van der Waals surface area contributed by atoms with Gasteiger partial charge in [0.15, 0.2) is 0 Å². The molecule has 106 valence electrons. The molecule has 0 saturated carbocycles. The molecule has 1 nitrogen and oxygen atoms in total. The Bertz CT molecular complexity index is 608. The molecule has 2 rings (SSSR count). The van der Waals surface area contributed by atoms with Crippen molar-refractivity contribution in [3.63, 3.8) is 0 Å². The first-order valence-corrected chi connectivity index (χ1v) is 6.79. The number of hydrogen-bond donors (Lipinski definition) is 1. The maximum absolute atomic E-state index is 14.2. The van der Waals surface area contributed by atoms with Gasteiger partial charge in [-0.3, -0.25) is 0 Å². The van der Waals surface area contributed by atoms with Crippen LogP contribution in [0.1, 0.15) is 35.2 Å². The zero-order valence-corrected chi connectivity index (χ0v) is 12.0. The van der Waals surface area contributed by atoms with Gasteiger partial charge in [0.05, 0.1) is 6.04 Å². The lowest BCUT2D eigenvalue weighted by molar-refractivity contribution is 0.552. The highest BCUT2D eigenvalue weighted by Gasteiger charge is 2.20. The number of nitrogens with one attached hydrogen (secondary N) is 1. The van der Waals surface area contributed by atoms with Gasteiger partial charge in [0, 0.05) is 5.56 Å². The minimum atomic E-state index is -0.380. The molecule has 0 bridgehead atoms. The van der Waals surface area contributed by atoms with E-state index in [0.717, 1.165) is 17.5 Å². The molecule has 20 heavy (non-hydrogen) atoms. The average Bonchev–Trinajstić information content (AvgIpc) is 2.45. The predicted octanol–water partition coefficient (Wildman–Crippen LogP) is 4.14. The van der Waals surface area contributed by atoms with Crippen LogP contribution < -0.4 is 5.32 Å². The molecular formula is C17H19F2N. The molecule has 1 unspecified atom stereocenters. The molecule has 2 aromatic rings. The van der Waals surface area contributed by atoms with Crippen LogP contribution >= 0.6 is 0 Å². The largest absolute Gasteiger partial charge is 0.309 e. The molecule has 0 radical (unpaired) electrons. The van der Waals surface area contributed by atoms with E-state index in [9.17, 15) is 8.78 Å². The van der Waals surface area contributed by atoms with Gasteiger partial charge < -0.3 is 5.32 Å². The van der Waals surface area contributed by atoms with Crippen LogP contribution in [0.2, 0.25) is 0 Å². The van der Waals surface area contributed by atoms with E-state index < -0.39 is 0 Å². The average molecular weight is 275 g/mol. The van der Waals surface area contributed by atoms with Crippen molar-refractivity contribution in [3.05, 3.63) is 70.3 Å². The van der Waals surface area contributed by atoms with Crippen LogP contribution in [0.15, 0.2) is 36.4 Å². The Labute approximate surface area is 118 Å². The number of halogens is 2. The van der Waals surface area contributed by atoms with Crippen LogP contribution in [0.3, 0.4) is 0 Å². The molecule has 0 aliphatic heterocycles. The van der Waals surface area contributed by atoms with Crippen molar-refractivity contribution in [3.8, 4) is 0 Å². The molecule has 2 aromatic carbocycles. The highest BCUT2D eigenvalue weighted by atomic mass is 19.1. The third kappa shape index (κ3) is 2.73. The fourth-order valence-corrected chi connectivity index (χ4v) is 2.50. The van der Waals surface area contributed by atoms with Gasteiger partial charge in [-0.25, -0.2) is 8.78 Å². The minimum absolute atomic E-state index is 0.324. The Kier molecular flexibility index (Phi) is 4.50. The maximum atomic E-state index is 14.2. The molecule has 0 aromatic heterocycles. The van der Waals surface area contributed by atoms with Gasteiger partial charge in [-0.1, -0.05) is 31.2 Å². The summed E-state index contributed by atoms with van der Waals surface area (Å²) in [7, 11) is 1.76. The summed E-state index contributed by atoms with van der Waals surface area (Å²) >= 11 is 0. The van der Waals surface area contributed by atoms with Gasteiger partial charge in [0.1, 0.15) is 11.6 Å². The quantitative estimate of drug-likeness (QED) is 0.884. The smallest absolute Gasteiger partial charge is 0.128 e. The minimum Gasteiger partial charge on any atom is -0.309 e. The lowest BCUT2D eigenvalue weighted by Gasteiger charge is -2.21. The summed E-state index contributed by atoms with van der Waals surface area (Å²) in [4.78, 5) is 0. The van der Waals surface area contributed by atoms with Gasteiger partial charge in [-0.05, 0) is 49.2 Å². The third-order valence-electron chi connectivity index (χ3n) is 3.62. The molecule has 0 aliphatic rings. The predicted molar refractivity (Wildman–Crippen MR) is 77.8 cm³/mol. The summed E-state index contributed by atoms with van der Waals surface area (Å²) in [6.45, 7) is 3.62. The number of aryl methyl sites for hydroxylation is 2. The highest BCUT2D eigenvalue weighted by Crippen LogP contribution is 2.28. The zero-order valence-electron chi connectivity index (χ0n) is 12.0. The normalized spacial score (nSPS) is 12.4. The fourth-order valence-electron chi connectivity index (χ4n) is 2.50. The van der Waals surface area contributed by atoms with E-state index in [0.29, 0.717) is 11.1 Å². The Morgan fingerprint density at radius 3 is 2.40 bits per heavy atom. The van der Waals surface area contributed by atoms with Crippen LogP contribution in [-0.2, 0) is 6.42 Å². The van der Waals surface area contributed by atoms with Gasteiger partial charge in [0.25, 0.3) is 0 Å². The van der Waals surface area contributed by atoms with E-state index in [2.05, 4.69) is 12.2 Å². The molecule has 1 atom stereocenters. The fraction of sp³-hybridized carbons (Fsp3) is 0.294. The van der Waals surface area contributed by atoms with Gasteiger partial charge in [0.2, 0.25) is 0 Å². The van der Waals surface area contributed by atoms with E-state index in [-0.39, 0.29) is 17.7 Å². The van der Waals surface area contributed by atoms with Crippen molar-refractivity contribution in [1.82, 2.24) is 5.32 Å². The summed E-state index contributed by atoms with van der Waals surface area (Å²) in [6.07, 6.45) is 0.852. The van der Waals surface area contributed by atoms with Crippen molar-refractivity contribution >= 4 is 0 Å². The Hall–Kier alpha value is -1.74. The van der Waals surface area contributed by atoms with Gasteiger partial charge in [-0.2, -0.15) is 0 Å². The molecule has 0 heterocycles. The van der Waals surface area contributed by atoms with E-state index in [1.807, 2.05) is 24.3 Å². The lowest BCUT2D eigenvalue weighted by atomic mass is 9.92. The van der Waals surface area contributed by atoms with E-state index in [4.69, 9.17) is 0 Å². The molecule has 0 spiro atoms. The Morgan fingerprint density at radius 2 is 1.75 bits per heavy atom. The lowest BCUT2D eigenvalue weighted by Crippen LogP contribution is -2.20. The molecular weight excluding hydrogens is 256 g/mol. The van der Waals surface area contributed by atoms with E-state index in [1.54, 1.807) is 14.0 Å². The topological polar surface area (TPSA) is 12.0 Å². The molecule has 0 saturated heterocycles. The second-order valence-corrected chi connectivity index (χ2v) is 4.90. The molecule has 0 amide bonds. The van der Waals surface area contributed by atoms with Crippen LogP contribution in [0.5, 0.6) is 0 Å². The first-order valence-electron chi connectivity index (χ1n) is 6.79. The van der Waals surface area contributed by atoms with Crippen molar-refractivity contribution in [2.24, 2.45) is 0 Å². The van der Waals surface area contributed by atoms with E-state index >= 15 is 0 Å². The van der Waals surface area contributed by atoms with Crippen LogP contribution in [0, 0.1) is 18.6 Å². The summed E-state index contributed by atoms with van der Waals surface area (Å²) in [5.41, 5.74) is 2.79. The van der Waals surface area contributed by atoms with Crippen LogP contribution in [-0.4, -0.2) is 7.05 Å². The van der Waals surface area contributed by atoms with Crippen molar-refractivity contribution in [2.75, 3.05) is 7.05 Å². The molecule has 3 heteroatoms. The molecule has 0 aliphatic carbocycles. The summed E-state index contributed by atoms with van der Waals surface area (Å²) in [5, 5.41) is 3.09. The van der Waals surface area contributed by atoms with Gasteiger partial charge >= 0.3 is 0 Å². The van der Waals surface area contributed by atoms with E-state index in [1.165, 1.54) is 12.1 Å². The second-order valence-electron chi connectivity index (χ2n) is 4.90. The first kappa shape index (κ1) is 14.7. The maximum Gasteiger partial charge on any atom is 0.128 e. The van der Waals surface area contributed by atoms with Crippen LogP contribution in [0.4, 0.5) is 8.78 Å².